The molecule has 0 saturated carbocycles. The van der Waals surface area contributed by atoms with Crippen LogP contribution in [0.4, 0.5) is 0 Å². The van der Waals surface area contributed by atoms with E-state index in [1.165, 1.54) is 5.56 Å². The first-order chi connectivity index (χ1) is 19.9. The van der Waals surface area contributed by atoms with E-state index < -0.39 is 5.41 Å². The van der Waals surface area contributed by atoms with Crippen molar-refractivity contribution in [2.24, 2.45) is 0 Å². The van der Waals surface area contributed by atoms with E-state index in [1.807, 2.05) is 24.4 Å². The standard InChI is InChI=1S/C34H40N6O/c1-4-10-33(41)40-21-28-18-34(24-35,31-14-9-8-13-27(31)20-38(2)3)16-15-32(28)39(22-29-19-36-25-37-29)23-30(40)17-26-11-6-5-7-12-26/h5-9,11-16,19,25,30H,4,10,17-18,20-23H2,1-3H3,(H,36,37)/t30-,34?/m1/s1. The summed E-state index contributed by atoms with van der Waals surface area (Å²) in [4.78, 5) is 27.8. The van der Waals surface area contributed by atoms with E-state index in [2.05, 4.69) is 100 Å². The lowest BCUT2D eigenvalue weighted by molar-refractivity contribution is -0.133. The van der Waals surface area contributed by atoms with E-state index >= 15 is 0 Å². The molecule has 1 aliphatic heterocycles. The van der Waals surface area contributed by atoms with Crippen LogP contribution in [0.15, 0.2) is 90.5 Å². The van der Waals surface area contributed by atoms with Crippen molar-refractivity contribution in [1.29, 1.82) is 5.26 Å². The second-order valence-corrected chi connectivity index (χ2v) is 11.5. The Labute approximate surface area is 243 Å². The second kappa shape index (κ2) is 12.6. The number of imidazole rings is 1. The van der Waals surface area contributed by atoms with Crippen molar-refractivity contribution in [2.75, 3.05) is 27.2 Å². The summed E-state index contributed by atoms with van der Waals surface area (Å²) in [6.45, 7) is 4.69. The van der Waals surface area contributed by atoms with Crippen LogP contribution in [-0.4, -0.2) is 63.8 Å². The maximum atomic E-state index is 13.7. The highest BCUT2D eigenvalue weighted by molar-refractivity contribution is 5.77. The lowest BCUT2D eigenvalue weighted by Gasteiger charge is -2.34. The zero-order valence-corrected chi connectivity index (χ0v) is 24.4. The molecule has 1 amide bonds. The van der Waals surface area contributed by atoms with Gasteiger partial charge in [0.15, 0.2) is 0 Å². The minimum absolute atomic E-state index is 0.00381. The van der Waals surface area contributed by atoms with Gasteiger partial charge >= 0.3 is 0 Å². The number of benzene rings is 2. The fourth-order valence-electron chi connectivity index (χ4n) is 6.27. The molecule has 2 atom stereocenters. The largest absolute Gasteiger partial charge is 0.364 e. The van der Waals surface area contributed by atoms with Crippen molar-refractivity contribution in [3.05, 3.63) is 113 Å². The molecule has 7 heteroatoms. The molecule has 0 saturated heterocycles. The second-order valence-electron chi connectivity index (χ2n) is 11.5. The van der Waals surface area contributed by atoms with Gasteiger partial charge in [0.25, 0.3) is 0 Å². The Bertz CT molecular complexity index is 1440. The van der Waals surface area contributed by atoms with Crippen LogP contribution in [0.25, 0.3) is 0 Å². The number of aromatic nitrogens is 2. The first-order valence-corrected chi connectivity index (χ1v) is 14.5. The number of allylic oxidation sites excluding steroid dienone is 2. The van der Waals surface area contributed by atoms with Crippen molar-refractivity contribution >= 4 is 5.91 Å². The number of carbonyl (C=O) groups is 1. The van der Waals surface area contributed by atoms with Gasteiger partial charge in [-0.25, -0.2) is 4.98 Å². The molecule has 1 aliphatic carbocycles. The van der Waals surface area contributed by atoms with Crippen LogP contribution in [-0.2, 0) is 29.7 Å². The average Bonchev–Trinajstić information content (AvgIpc) is 3.44. The minimum Gasteiger partial charge on any atom is -0.364 e. The number of nitrogens with zero attached hydrogens (tertiary/aromatic N) is 5. The van der Waals surface area contributed by atoms with Gasteiger partial charge in [-0.2, -0.15) is 5.26 Å². The normalized spacial score (nSPS) is 20.6. The van der Waals surface area contributed by atoms with E-state index in [-0.39, 0.29) is 11.9 Å². The maximum absolute atomic E-state index is 13.7. The number of nitriles is 1. The van der Waals surface area contributed by atoms with Crippen molar-refractivity contribution in [2.45, 2.75) is 57.2 Å². The fourth-order valence-corrected chi connectivity index (χ4v) is 6.27. The smallest absolute Gasteiger partial charge is 0.223 e. The van der Waals surface area contributed by atoms with Crippen LogP contribution in [0.1, 0.15) is 48.6 Å². The van der Waals surface area contributed by atoms with Crippen molar-refractivity contribution < 1.29 is 4.79 Å². The molecule has 0 radical (unpaired) electrons. The van der Waals surface area contributed by atoms with Crippen LogP contribution < -0.4 is 0 Å². The molecular weight excluding hydrogens is 508 g/mol. The fraction of sp³-hybridized carbons (Fsp3) is 0.382. The first-order valence-electron chi connectivity index (χ1n) is 14.5. The lowest BCUT2D eigenvalue weighted by atomic mass is 9.71. The molecule has 0 fully saturated rings. The molecule has 0 spiro atoms. The highest BCUT2D eigenvalue weighted by atomic mass is 16.2. The zero-order chi connectivity index (χ0) is 28.8. The Morgan fingerprint density at radius 2 is 1.95 bits per heavy atom. The summed E-state index contributed by atoms with van der Waals surface area (Å²) < 4.78 is 0. The number of carbonyl (C=O) groups excluding carboxylic acids is 1. The number of hydrogen-bond donors (Lipinski definition) is 1. The number of rotatable bonds is 9. The Morgan fingerprint density at radius 3 is 2.66 bits per heavy atom. The topological polar surface area (TPSA) is 79.3 Å². The van der Waals surface area contributed by atoms with E-state index in [0.717, 1.165) is 47.5 Å². The van der Waals surface area contributed by atoms with Crippen molar-refractivity contribution in [3.8, 4) is 6.07 Å². The highest BCUT2D eigenvalue weighted by Crippen LogP contribution is 2.42. The molecule has 212 valence electrons. The Balaban J connectivity index is 1.57. The summed E-state index contributed by atoms with van der Waals surface area (Å²) in [6.07, 6.45) is 10.4. The molecule has 3 aromatic rings. The van der Waals surface area contributed by atoms with Gasteiger partial charge in [0.1, 0.15) is 5.41 Å². The third kappa shape index (κ3) is 6.28. The molecule has 0 bridgehead atoms. The van der Waals surface area contributed by atoms with Gasteiger partial charge in [-0.3, -0.25) is 4.79 Å². The van der Waals surface area contributed by atoms with Crippen molar-refractivity contribution in [1.82, 2.24) is 24.7 Å². The first kappa shape index (κ1) is 28.4. The average molecular weight is 549 g/mol. The van der Waals surface area contributed by atoms with Gasteiger partial charge in [-0.05, 0) is 61.7 Å². The number of nitrogens with one attached hydrogen (secondary N) is 1. The van der Waals surface area contributed by atoms with Gasteiger partial charge in [-0.1, -0.05) is 67.6 Å². The monoisotopic (exact) mass is 548 g/mol. The highest BCUT2D eigenvalue weighted by Gasteiger charge is 2.40. The van der Waals surface area contributed by atoms with Gasteiger partial charge in [-0.15, -0.1) is 0 Å². The predicted octanol–water partition coefficient (Wildman–Crippen LogP) is 5.20. The van der Waals surface area contributed by atoms with E-state index in [0.29, 0.717) is 32.5 Å². The van der Waals surface area contributed by atoms with E-state index in [4.69, 9.17) is 0 Å². The van der Waals surface area contributed by atoms with Gasteiger partial charge < -0.3 is 19.7 Å². The molecule has 1 unspecified atom stereocenters. The Morgan fingerprint density at radius 1 is 1.17 bits per heavy atom. The molecule has 2 aliphatic rings. The van der Waals surface area contributed by atoms with E-state index in [1.54, 1.807) is 6.33 Å². The lowest BCUT2D eigenvalue weighted by Crippen LogP contribution is -2.46. The summed E-state index contributed by atoms with van der Waals surface area (Å²) in [5.74, 6) is 0.175. The van der Waals surface area contributed by atoms with Gasteiger partial charge in [0, 0.05) is 37.9 Å². The summed E-state index contributed by atoms with van der Waals surface area (Å²) in [7, 11) is 4.10. The van der Waals surface area contributed by atoms with Crippen LogP contribution >= 0.6 is 0 Å². The van der Waals surface area contributed by atoms with E-state index in [9.17, 15) is 10.1 Å². The third-order valence-electron chi connectivity index (χ3n) is 8.15. The predicted molar refractivity (Wildman–Crippen MR) is 161 cm³/mol. The van der Waals surface area contributed by atoms with Crippen LogP contribution in [0, 0.1) is 11.3 Å². The van der Waals surface area contributed by atoms with Gasteiger partial charge in [0.2, 0.25) is 5.91 Å². The molecule has 1 aromatic heterocycles. The zero-order valence-electron chi connectivity index (χ0n) is 24.4. The number of H-pyrrole nitrogens is 1. The Kier molecular flexibility index (Phi) is 8.70. The molecule has 7 nitrogen and oxygen atoms in total. The minimum atomic E-state index is -0.802. The molecule has 2 aromatic carbocycles. The van der Waals surface area contributed by atoms with Crippen molar-refractivity contribution in [3.63, 3.8) is 0 Å². The summed E-state index contributed by atoms with van der Waals surface area (Å²) >= 11 is 0. The Hall–Kier alpha value is -4.15. The number of hydrogen-bond acceptors (Lipinski definition) is 5. The summed E-state index contributed by atoms with van der Waals surface area (Å²) in [6, 6.07) is 21.4. The van der Waals surface area contributed by atoms with Gasteiger partial charge in [0.05, 0.1) is 30.7 Å². The molecule has 41 heavy (non-hydrogen) atoms. The summed E-state index contributed by atoms with van der Waals surface area (Å²) in [5.41, 5.74) is 5.86. The third-order valence-corrected chi connectivity index (χ3v) is 8.15. The SMILES string of the molecule is CCCC(=O)N1CC2=C(C=CC(C#N)(c3ccccc3CN(C)C)C2)N(Cc2cnc[nH]2)C[C@H]1Cc1ccccc1. The molecule has 2 heterocycles. The number of aromatic amines is 1. The van der Waals surface area contributed by atoms with Crippen LogP contribution in [0.3, 0.4) is 0 Å². The van der Waals surface area contributed by atoms with Crippen LogP contribution in [0.5, 0.6) is 0 Å². The van der Waals surface area contributed by atoms with Crippen LogP contribution in [0.2, 0.25) is 0 Å². The molecule has 5 rings (SSSR count). The number of amides is 1. The maximum Gasteiger partial charge on any atom is 0.223 e. The molecular formula is C34H40N6O. The summed E-state index contributed by atoms with van der Waals surface area (Å²) in [5, 5.41) is 10.7. The quantitative estimate of drug-likeness (QED) is 0.398. The molecule has 1 N–H and O–H groups in total.